The second kappa shape index (κ2) is 6.71. The maximum absolute atomic E-state index is 12.2. The molecule has 2 amide bonds. The predicted octanol–water partition coefficient (Wildman–Crippen LogP) is 2.61. The molecule has 2 N–H and O–H groups in total. The van der Waals surface area contributed by atoms with Crippen LogP contribution >= 0.6 is 0 Å². The minimum Gasteiger partial charge on any atom is -0.495 e. The van der Waals surface area contributed by atoms with Crippen LogP contribution < -0.4 is 15.4 Å². The van der Waals surface area contributed by atoms with E-state index in [0.717, 1.165) is 5.69 Å². The van der Waals surface area contributed by atoms with Gasteiger partial charge < -0.3 is 15.4 Å². The molecule has 1 aromatic carbocycles. The zero-order chi connectivity index (χ0) is 16.1. The van der Waals surface area contributed by atoms with Crippen LogP contribution in [-0.4, -0.2) is 23.9 Å². The molecule has 0 saturated carbocycles. The molecule has 0 atom stereocenters. The Hall–Kier alpha value is -2.89. The molecule has 0 aliphatic carbocycles. The number of anilines is 2. The first-order chi connectivity index (χ1) is 10.5. The largest absolute Gasteiger partial charge is 0.495 e. The average molecular weight is 299 g/mol. The molecule has 22 heavy (non-hydrogen) atoms. The summed E-state index contributed by atoms with van der Waals surface area (Å²) in [5, 5.41) is 5.41. The number of carbonyl (C=O) groups is 2. The number of hydrogen-bond donors (Lipinski definition) is 2. The van der Waals surface area contributed by atoms with Gasteiger partial charge in [-0.3, -0.25) is 14.6 Å². The Morgan fingerprint density at radius 1 is 1.14 bits per heavy atom. The third kappa shape index (κ3) is 3.82. The number of nitrogens with zero attached hydrogens (tertiary/aromatic N) is 1. The lowest BCUT2D eigenvalue weighted by atomic mass is 10.2. The molecule has 0 radical (unpaired) electrons. The Balaban J connectivity index is 2.24. The summed E-state index contributed by atoms with van der Waals surface area (Å²) < 4.78 is 5.22. The van der Waals surface area contributed by atoms with E-state index in [1.165, 1.54) is 20.2 Å². The van der Waals surface area contributed by atoms with E-state index in [0.29, 0.717) is 22.7 Å². The van der Waals surface area contributed by atoms with Gasteiger partial charge >= 0.3 is 0 Å². The summed E-state index contributed by atoms with van der Waals surface area (Å²) in [6.07, 6.45) is 1.51. The van der Waals surface area contributed by atoms with Crippen LogP contribution in [0.15, 0.2) is 36.5 Å². The smallest absolute Gasteiger partial charge is 0.257 e. The lowest BCUT2D eigenvalue weighted by Crippen LogP contribution is -2.14. The monoisotopic (exact) mass is 299 g/mol. The Morgan fingerprint density at radius 3 is 2.50 bits per heavy atom. The number of amides is 2. The first-order valence-corrected chi connectivity index (χ1v) is 6.69. The summed E-state index contributed by atoms with van der Waals surface area (Å²) in [6, 6.07) is 8.47. The number of nitrogens with one attached hydrogen (secondary N) is 2. The number of aromatic nitrogens is 1. The molecule has 0 fully saturated rings. The van der Waals surface area contributed by atoms with E-state index in [2.05, 4.69) is 15.6 Å². The highest BCUT2D eigenvalue weighted by molar-refractivity contribution is 6.05. The van der Waals surface area contributed by atoms with Crippen LogP contribution in [-0.2, 0) is 4.79 Å². The van der Waals surface area contributed by atoms with Gasteiger partial charge in [0, 0.05) is 24.5 Å². The van der Waals surface area contributed by atoms with E-state index in [9.17, 15) is 9.59 Å². The number of carbonyl (C=O) groups excluding carboxylic acids is 2. The maximum atomic E-state index is 12.2. The average Bonchev–Trinajstić information content (AvgIpc) is 2.47. The predicted molar refractivity (Wildman–Crippen MR) is 84.2 cm³/mol. The molecule has 0 bridgehead atoms. The SMILES string of the molecule is COc1ccc(NC(C)=O)cc1NC(=O)c1ccc(C)nc1. The summed E-state index contributed by atoms with van der Waals surface area (Å²) in [7, 11) is 1.51. The molecule has 2 aromatic rings. The van der Waals surface area contributed by atoms with Gasteiger partial charge in [-0.2, -0.15) is 0 Å². The van der Waals surface area contributed by atoms with Crippen molar-refractivity contribution < 1.29 is 14.3 Å². The zero-order valence-corrected chi connectivity index (χ0v) is 12.6. The van der Waals surface area contributed by atoms with Gasteiger partial charge in [-0.05, 0) is 37.3 Å². The quantitative estimate of drug-likeness (QED) is 0.909. The number of pyridine rings is 1. The molecular weight excluding hydrogens is 282 g/mol. The van der Waals surface area contributed by atoms with Crippen molar-refractivity contribution in [2.45, 2.75) is 13.8 Å². The van der Waals surface area contributed by atoms with Gasteiger partial charge in [0.15, 0.2) is 0 Å². The van der Waals surface area contributed by atoms with Gasteiger partial charge in [0.2, 0.25) is 5.91 Å². The molecule has 1 aromatic heterocycles. The Bertz CT molecular complexity index is 696. The summed E-state index contributed by atoms with van der Waals surface area (Å²) in [4.78, 5) is 27.4. The Kier molecular flexibility index (Phi) is 4.73. The number of aryl methyl sites for hydroxylation is 1. The molecule has 0 aliphatic heterocycles. The molecule has 6 nitrogen and oxygen atoms in total. The van der Waals surface area contributed by atoms with Gasteiger partial charge in [0.1, 0.15) is 5.75 Å². The topological polar surface area (TPSA) is 80.3 Å². The zero-order valence-electron chi connectivity index (χ0n) is 12.6. The molecule has 2 rings (SSSR count). The van der Waals surface area contributed by atoms with Crippen molar-refractivity contribution in [3.8, 4) is 5.75 Å². The van der Waals surface area contributed by atoms with Crippen LogP contribution in [0, 0.1) is 6.92 Å². The molecule has 0 unspecified atom stereocenters. The number of rotatable bonds is 4. The van der Waals surface area contributed by atoms with Gasteiger partial charge in [-0.25, -0.2) is 0 Å². The maximum Gasteiger partial charge on any atom is 0.257 e. The fraction of sp³-hybridized carbons (Fsp3) is 0.188. The number of ether oxygens (including phenoxy) is 1. The van der Waals surface area contributed by atoms with E-state index in [1.54, 1.807) is 30.3 Å². The molecular formula is C16H17N3O3. The van der Waals surface area contributed by atoms with E-state index in [4.69, 9.17) is 4.74 Å². The minimum atomic E-state index is -0.300. The Morgan fingerprint density at radius 2 is 1.91 bits per heavy atom. The highest BCUT2D eigenvalue weighted by Gasteiger charge is 2.11. The lowest BCUT2D eigenvalue weighted by Gasteiger charge is -2.12. The van der Waals surface area contributed by atoms with Crippen LogP contribution in [0.4, 0.5) is 11.4 Å². The van der Waals surface area contributed by atoms with Crippen LogP contribution in [0.1, 0.15) is 23.0 Å². The summed E-state index contributed by atoms with van der Waals surface area (Å²) in [5.74, 6) is 0.0125. The highest BCUT2D eigenvalue weighted by atomic mass is 16.5. The van der Waals surface area contributed by atoms with Gasteiger partial charge in [0.05, 0.1) is 18.4 Å². The molecule has 1 heterocycles. The second-order valence-corrected chi connectivity index (χ2v) is 4.74. The van der Waals surface area contributed by atoms with Crippen LogP contribution in [0.3, 0.4) is 0 Å². The van der Waals surface area contributed by atoms with Crippen LogP contribution in [0.25, 0.3) is 0 Å². The number of methoxy groups -OCH3 is 1. The second-order valence-electron chi connectivity index (χ2n) is 4.74. The first-order valence-electron chi connectivity index (χ1n) is 6.69. The fourth-order valence-electron chi connectivity index (χ4n) is 1.88. The molecule has 0 saturated heterocycles. The van der Waals surface area contributed by atoms with Crippen molar-refractivity contribution in [3.63, 3.8) is 0 Å². The molecule has 6 heteroatoms. The highest BCUT2D eigenvalue weighted by Crippen LogP contribution is 2.28. The van der Waals surface area contributed by atoms with Gasteiger partial charge in [-0.1, -0.05) is 0 Å². The van der Waals surface area contributed by atoms with Crippen molar-refractivity contribution in [2.75, 3.05) is 17.7 Å². The molecule has 114 valence electrons. The third-order valence-electron chi connectivity index (χ3n) is 2.94. The van der Waals surface area contributed by atoms with Crippen molar-refractivity contribution >= 4 is 23.2 Å². The van der Waals surface area contributed by atoms with E-state index in [-0.39, 0.29) is 11.8 Å². The van der Waals surface area contributed by atoms with E-state index in [1.807, 2.05) is 6.92 Å². The third-order valence-corrected chi connectivity index (χ3v) is 2.94. The van der Waals surface area contributed by atoms with Crippen molar-refractivity contribution in [1.29, 1.82) is 0 Å². The fourth-order valence-corrected chi connectivity index (χ4v) is 1.88. The lowest BCUT2D eigenvalue weighted by molar-refractivity contribution is -0.114. The Labute approximate surface area is 128 Å². The van der Waals surface area contributed by atoms with Crippen LogP contribution in [0.5, 0.6) is 5.75 Å². The van der Waals surface area contributed by atoms with Crippen molar-refractivity contribution in [1.82, 2.24) is 4.98 Å². The molecule has 0 aliphatic rings. The summed E-state index contributed by atoms with van der Waals surface area (Å²) >= 11 is 0. The number of benzene rings is 1. The minimum absolute atomic E-state index is 0.190. The molecule has 0 spiro atoms. The number of hydrogen-bond acceptors (Lipinski definition) is 4. The first kappa shape index (κ1) is 15.5. The standard InChI is InChI=1S/C16H17N3O3/c1-10-4-5-12(9-17-10)16(21)19-14-8-13(18-11(2)20)6-7-15(14)22-3/h4-9H,1-3H3,(H,18,20)(H,19,21). The van der Waals surface area contributed by atoms with Crippen LogP contribution in [0.2, 0.25) is 0 Å². The summed E-state index contributed by atoms with van der Waals surface area (Å²) in [5.41, 5.74) is 2.32. The van der Waals surface area contributed by atoms with E-state index >= 15 is 0 Å². The summed E-state index contributed by atoms with van der Waals surface area (Å²) in [6.45, 7) is 3.27. The normalized spacial score (nSPS) is 9.95. The van der Waals surface area contributed by atoms with E-state index < -0.39 is 0 Å². The van der Waals surface area contributed by atoms with Crippen molar-refractivity contribution in [2.24, 2.45) is 0 Å². The van der Waals surface area contributed by atoms with Crippen molar-refractivity contribution in [3.05, 3.63) is 47.8 Å². The van der Waals surface area contributed by atoms with Gasteiger partial charge in [-0.15, -0.1) is 0 Å². The van der Waals surface area contributed by atoms with Gasteiger partial charge in [0.25, 0.3) is 5.91 Å².